The highest BCUT2D eigenvalue weighted by atomic mass is 19.1. The van der Waals surface area contributed by atoms with Crippen molar-refractivity contribution in [1.29, 1.82) is 0 Å². The second-order valence-corrected chi connectivity index (χ2v) is 8.72. The lowest BCUT2D eigenvalue weighted by Crippen LogP contribution is -2.44. The molecule has 8 nitrogen and oxygen atoms in total. The molecule has 0 radical (unpaired) electrons. The zero-order chi connectivity index (χ0) is 26.3. The quantitative estimate of drug-likeness (QED) is 0.334. The Balaban J connectivity index is 1.84. The summed E-state index contributed by atoms with van der Waals surface area (Å²) in [5, 5.41) is 12.2. The van der Waals surface area contributed by atoms with Crippen molar-refractivity contribution in [3.8, 4) is 5.75 Å². The number of amides is 2. The molecular weight excluding hydrogens is 467 g/mol. The molecule has 0 aliphatic carbocycles. The summed E-state index contributed by atoms with van der Waals surface area (Å²) in [6, 6.07) is 13.1. The number of carbonyl (C=O) groups is 2. The molecule has 0 aromatic heterocycles. The van der Waals surface area contributed by atoms with Crippen LogP contribution in [0.4, 0.5) is 9.18 Å². The van der Waals surface area contributed by atoms with Gasteiger partial charge in [-0.1, -0.05) is 38.1 Å². The number of benzene rings is 2. The lowest BCUT2D eigenvalue weighted by atomic mass is 10.1. The number of nitrogens with one attached hydrogen (secondary N) is 1. The van der Waals surface area contributed by atoms with Gasteiger partial charge in [-0.05, 0) is 48.2 Å². The number of hydrogen-bond donors (Lipinski definition) is 2. The highest BCUT2D eigenvalue weighted by Crippen LogP contribution is 2.15. The summed E-state index contributed by atoms with van der Waals surface area (Å²) in [6.45, 7) is 8.37. The van der Waals surface area contributed by atoms with E-state index in [0.717, 1.165) is 11.1 Å². The molecule has 0 aliphatic rings. The summed E-state index contributed by atoms with van der Waals surface area (Å²) in [5.74, 6) is -0.341. The van der Waals surface area contributed by atoms with Gasteiger partial charge in [0.2, 0.25) is 0 Å². The van der Waals surface area contributed by atoms with E-state index in [1.807, 2.05) is 13.8 Å². The van der Waals surface area contributed by atoms with Crippen molar-refractivity contribution in [2.75, 3.05) is 39.5 Å². The average Bonchev–Trinajstić information content (AvgIpc) is 2.85. The summed E-state index contributed by atoms with van der Waals surface area (Å²) in [5.41, 5.74) is 1.69. The van der Waals surface area contributed by atoms with E-state index < -0.39 is 12.1 Å². The van der Waals surface area contributed by atoms with Crippen LogP contribution in [0.2, 0.25) is 0 Å². The Bertz CT molecular complexity index is 921. The first-order chi connectivity index (χ1) is 17.3. The van der Waals surface area contributed by atoms with Crippen LogP contribution in [0.15, 0.2) is 48.5 Å². The molecule has 36 heavy (non-hydrogen) atoms. The predicted molar refractivity (Wildman–Crippen MR) is 135 cm³/mol. The molecular formula is C27H37FN2O6. The first-order valence-electron chi connectivity index (χ1n) is 12.2. The van der Waals surface area contributed by atoms with Gasteiger partial charge in [0.05, 0.1) is 19.8 Å². The van der Waals surface area contributed by atoms with Gasteiger partial charge in [-0.15, -0.1) is 0 Å². The second kappa shape index (κ2) is 15.7. The molecule has 2 aromatic rings. The van der Waals surface area contributed by atoms with Crippen LogP contribution in [-0.2, 0) is 27.3 Å². The van der Waals surface area contributed by atoms with Crippen LogP contribution >= 0.6 is 0 Å². The molecule has 0 heterocycles. The molecule has 198 valence electrons. The molecule has 2 amide bonds. The van der Waals surface area contributed by atoms with Crippen LogP contribution in [0.3, 0.4) is 0 Å². The molecule has 2 N–H and O–H groups in total. The standard InChI is InChI=1S/C27H37FN2O6/c1-4-35-25(26(31)32)17-21-7-11-24(12-8-21)36-16-14-30(27(33)29-18-20(2)3)13-15-34-19-22-5-9-23(28)10-6-22/h5-12,20,25H,4,13-19H2,1-3H3,(H,29,33)(H,31,32). The van der Waals surface area contributed by atoms with Crippen LogP contribution in [0.1, 0.15) is 31.9 Å². The number of hydrogen-bond acceptors (Lipinski definition) is 5. The molecule has 0 saturated heterocycles. The van der Waals surface area contributed by atoms with Crippen molar-refractivity contribution in [2.24, 2.45) is 5.92 Å². The van der Waals surface area contributed by atoms with Gasteiger partial charge in [0.25, 0.3) is 0 Å². The summed E-state index contributed by atoms with van der Waals surface area (Å²) < 4.78 is 29.8. The minimum absolute atomic E-state index is 0.191. The lowest BCUT2D eigenvalue weighted by Gasteiger charge is -2.24. The Labute approximate surface area is 212 Å². The minimum Gasteiger partial charge on any atom is -0.492 e. The third-order valence-corrected chi connectivity index (χ3v) is 5.25. The number of aliphatic carboxylic acids is 1. The van der Waals surface area contributed by atoms with Gasteiger partial charge in [0.15, 0.2) is 6.10 Å². The Morgan fingerprint density at radius 1 is 1.00 bits per heavy atom. The van der Waals surface area contributed by atoms with Crippen LogP contribution in [0.25, 0.3) is 0 Å². The van der Waals surface area contributed by atoms with E-state index in [0.29, 0.717) is 51.1 Å². The number of carboxylic acids is 1. The van der Waals surface area contributed by atoms with Gasteiger partial charge in [-0.25, -0.2) is 14.0 Å². The van der Waals surface area contributed by atoms with E-state index in [1.54, 1.807) is 48.2 Å². The molecule has 0 fully saturated rings. The first-order valence-corrected chi connectivity index (χ1v) is 12.2. The maximum Gasteiger partial charge on any atom is 0.333 e. The maximum absolute atomic E-state index is 13.0. The van der Waals surface area contributed by atoms with Crippen molar-refractivity contribution in [1.82, 2.24) is 10.2 Å². The zero-order valence-electron chi connectivity index (χ0n) is 21.2. The molecule has 0 bridgehead atoms. The fraction of sp³-hybridized carbons (Fsp3) is 0.481. The van der Waals surface area contributed by atoms with Crippen LogP contribution in [-0.4, -0.2) is 67.6 Å². The largest absolute Gasteiger partial charge is 0.492 e. The topological polar surface area (TPSA) is 97.3 Å². The van der Waals surface area contributed by atoms with Gasteiger partial charge in [-0.3, -0.25) is 0 Å². The van der Waals surface area contributed by atoms with E-state index in [-0.39, 0.29) is 24.9 Å². The van der Waals surface area contributed by atoms with Gasteiger partial charge in [0, 0.05) is 26.1 Å². The molecule has 0 spiro atoms. The van der Waals surface area contributed by atoms with Gasteiger partial charge in [-0.2, -0.15) is 0 Å². The molecule has 1 atom stereocenters. The molecule has 2 aromatic carbocycles. The smallest absolute Gasteiger partial charge is 0.333 e. The molecule has 9 heteroatoms. The number of carbonyl (C=O) groups excluding carboxylic acids is 1. The van der Waals surface area contributed by atoms with Gasteiger partial charge < -0.3 is 29.5 Å². The highest BCUT2D eigenvalue weighted by molar-refractivity contribution is 5.74. The van der Waals surface area contributed by atoms with Crippen LogP contribution in [0.5, 0.6) is 5.75 Å². The van der Waals surface area contributed by atoms with E-state index in [4.69, 9.17) is 14.2 Å². The SMILES string of the molecule is CCOC(Cc1ccc(OCCN(CCOCc2ccc(F)cc2)C(=O)NCC(C)C)cc1)C(=O)O. The summed E-state index contributed by atoms with van der Waals surface area (Å²) >= 11 is 0. The number of rotatable bonds is 16. The van der Waals surface area contributed by atoms with E-state index >= 15 is 0 Å². The number of urea groups is 1. The third kappa shape index (κ3) is 11.0. The van der Waals surface area contributed by atoms with E-state index in [2.05, 4.69) is 5.32 Å². The summed E-state index contributed by atoms with van der Waals surface area (Å²) in [4.78, 5) is 25.6. The Kier molecular flexibility index (Phi) is 12.7. The normalized spacial score (nSPS) is 11.8. The highest BCUT2D eigenvalue weighted by Gasteiger charge is 2.18. The number of ether oxygens (including phenoxy) is 3. The lowest BCUT2D eigenvalue weighted by molar-refractivity contribution is -0.149. The summed E-state index contributed by atoms with van der Waals surface area (Å²) in [6.07, 6.45) is -0.615. The molecule has 2 rings (SSSR count). The number of carboxylic acid groups (broad SMARTS) is 1. The maximum atomic E-state index is 13.0. The summed E-state index contributed by atoms with van der Waals surface area (Å²) in [7, 11) is 0. The second-order valence-electron chi connectivity index (χ2n) is 8.72. The van der Waals surface area contributed by atoms with Crippen molar-refractivity contribution < 1.29 is 33.3 Å². The predicted octanol–water partition coefficient (Wildman–Crippen LogP) is 4.12. The Morgan fingerprint density at radius 3 is 2.25 bits per heavy atom. The number of halogens is 1. The molecule has 0 aliphatic heterocycles. The third-order valence-electron chi connectivity index (χ3n) is 5.25. The van der Waals surface area contributed by atoms with Crippen molar-refractivity contribution in [3.63, 3.8) is 0 Å². The van der Waals surface area contributed by atoms with E-state index in [9.17, 15) is 19.1 Å². The van der Waals surface area contributed by atoms with Crippen LogP contribution in [0, 0.1) is 11.7 Å². The number of nitrogens with zero attached hydrogens (tertiary/aromatic N) is 1. The first kappa shape index (κ1) is 29.1. The zero-order valence-corrected chi connectivity index (χ0v) is 21.2. The minimum atomic E-state index is -0.991. The monoisotopic (exact) mass is 504 g/mol. The fourth-order valence-corrected chi connectivity index (χ4v) is 3.29. The van der Waals surface area contributed by atoms with Gasteiger partial charge in [0.1, 0.15) is 18.2 Å². The van der Waals surface area contributed by atoms with Gasteiger partial charge >= 0.3 is 12.0 Å². The molecule has 0 saturated carbocycles. The Hall–Kier alpha value is -3.17. The van der Waals surface area contributed by atoms with Crippen LogP contribution < -0.4 is 10.1 Å². The molecule has 1 unspecified atom stereocenters. The van der Waals surface area contributed by atoms with Crippen molar-refractivity contribution >= 4 is 12.0 Å². The van der Waals surface area contributed by atoms with Crippen molar-refractivity contribution in [2.45, 2.75) is 39.9 Å². The fourth-order valence-electron chi connectivity index (χ4n) is 3.29. The van der Waals surface area contributed by atoms with E-state index in [1.165, 1.54) is 12.1 Å². The average molecular weight is 505 g/mol. The Morgan fingerprint density at radius 2 is 1.64 bits per heavy atom. The van der Waals surface area contributed by atoms with Crippen molar-refractivity contribution in [3.05, 3.63) is 65.5 Å².